The Bertz CT molecular complexity index is 1080. The third-order valence-corrected chi connectivity index (χ3v) is 6.54. The Morgan fingerprint density at radius 1 is 1.11 bits per heavy atom. The van der Waals surface area contributed by atoms with Gasteiger partial charge in [0.2, 0.25) is 21.7 Å². The predicted octanol–water partition coefficient (Wildman–Crippen LogP) is 3.49. The van der Waals surface area contributed by atoms with E-state index in [2.05, 4.69) is 10.1 Å². The van der Waals surface area contributed by atoms with Gasteiger partial charge in [0.1, 0.15) is 5.75 Å². The van der Waals surface area contributed by atoms with Crippen LogP contribution in [0, 0.1) is 20.8 Å². The number of methoxy groups -OCH3 is 1. The first-order valence-electron chi connectivity index (χ1n) is 8.73. The highest BCUT2D eigenvalue weighted by atomic mass is 32.2. The molecular weight excluding hydrogens is 378 g/mol. The summed E-state index contributed by atoms with van der Waals surface area (Å²) in [6, 6.07) is 11.0. The summed E-state index contributed by atoms with van der Waals surface area (Å²) in [6.07, 6.45) is 0. The molecule has 0 aliphatic carbocycles. The van der Waals surface area contributed by atoms with Crippen molar-refractivity contribution in [2.45, 2.75) is 32.2 Å². The normalized spacial score (nSPS) is 11.8. The summed E-state index contributed by atoms with van der Waals surface area (Å²) in [5, 5.41) is 3.95. The van der Waals surface area contributed by atoms with Crippen molar-refractivity contribution < 1.29 is 17.7 Å². The fourth-order valence-corrected chi connectivity index (χ4v) is 4.73. The highest BCUT2D eigenvalue weighted by Gasteiger charge is 2.26. The summed E-state index contributed by atoms with van der Waals surface area (Å²) < 4.78 is 37.8. The molecule has 0 fully saturated rings. The largest absolute Gasteiger partial charge is 0.497 e. The van der Waals surface area contributed by atoms with Gasteiger partial charge in [-0.1, -0.05) is 35.0 Å². The summed E-state index contributed by atoms with van der Waals surface area (Å²) in [7, 11) is -0.613. The highest BCUT2D eigenvalue weighted by molar-refractivity contribution is 7.89. The second-order valence-electron chi connectivity index (χ2n) is 6.73. The summed E-state index contributed by atoms with van der Waals surface area (Å²) in [4.78, 5) is 4.64. The molecule has 0 unspecified atom stereocenters. The van der Waals surface area contributed by atoms with Crippen molar-refractivity contribution >= 4 is 10.0 Å². The molecule has 28 heavy (non-hydrogen) atoms. The number of ether oxygens (including phenoxy) is 1. The molecule has 7 nitrogen and oxygen atoms in total. The lowest BCUT2D eigenvalue weighted by atomic mass is 10.1. The molecule has 0 atom stereocenters. The van der Waals surface area contributed by atoms with Crippen LogP contribution in [0.3, 0.4) is 0 Å². The second-order valence-corrected chi connectivity index (χ2v) is 8.71. The van der Waals surface area contributed by atoms with Crippen molar-refractivity contribution in [1.82, 2.24) is 14.4 Å². The molecule has 0 amide bonds. The van der Waals surface area contributed by atoms with Crippen LogP contribution in [0.2, 0.25) is 0 Å². The molecular formula is C20H23N3O4S. The summed E-state index contributed by atoms with van der Waals surface area (Å²) in [5.41, 5.74) is 3.18. The van der Waals surface area contributed by atoms with Crippen LogP contribution in [0.15, 0.2) is 45.8 Å². The first-order chi connectivity index (χ1) is 13.2. The predicted molar refractivity (Wildman–Crippen MR) is 106 cm³/mol. The zero-order chi connectivity index (χ0) is 20.5. The van der Waals surface area contributed by atoms with Gasteiger partial charge >= 0.3 is 0 Å². The molecule has 3 aromatic rings. The number of nitrogens with zero attached hydrogens (tertiary/aromatic N) is 3. The average molecular weight is 401 g/mol. The van der Waals surface area contributed by atoms with E-state index in [4.69, 9.17) is 9.26 Å². The molecule has 3 rings (SSSR count). The monoisotopic (exact) mass is 401 g/mol. The fourth-order valence-electron chi connectivity index (χ4n) is 3.20. The van der Waals surface area contributed by atoms with Crippen molar-refractivity contribution in [2.75, 3.05) is 14.2 Å². The summed E-state index contributed by atoms with van der Waals surface area (Å²) >= 11 is 0. The van der Waals surface area contributed by atoms with Crippen molar-refractivity contribution in [3.63, 3.8) is 0 Å². The zero-order valence-corrected chi connectivity index (χ0v) is 17.4. The van der Waals surface area contributed by atoms with Crippen molar-refractivity contribution in [3.05, 3.63) is 59.0 Å². The first kappa shape index (κ1) is 20.0. The maximum Gasteiger partial charge on any atom is 0.243 e. The Labute approximate surface area is 165 Å². The van der Waals surface area contributed by atoms with Crippen LogP contribution in [0.4, 0.5) is 0 Å². The van der Waals surface area contributed by atoms with E-state index >= 15 is 0 Å². The molecule has 8 heteroatoms. The van der Waals surface area contributed by atoms with Gasteiger partial charge in [0.15, 0.2) is 0 Å². The van der Waals surface area contributed by atoms with Crippen LogP contribution in [0.5, 0.6) is 5.75 Å². The van der Waals surface area contributed by atoms with Crippen LogP contribution < -0.4 is 4.74 Å². The van der Waals surface area contributed by atoms with Gasteiger partial charge in [-0.05, 0) is 44.0 Å². The molecule has 0 aliphatic rings. The number of hydrogen-bond donors (Lipinski definition) is 0. The molecule has 0 bridgehead atoms. The third kappa shape index (κ3) is 3.93. The molecule has 1 aromatic heterocycles. The highest BCUT2D eigenvalue weighted by Crippen LogP contribution is 2.26. The van der Waals surface area contributed by atoms with E-state index in [1.165, 1.54) is 11.4 Å². The smallest absolute Gasteiger partial charge is 0.243 e. The van der Waals surface area contributed by atoms with E-state index in [0.29, 0.717) is 27.6 Å². The van der Waals surface area contributed by atoms with Gasteiger partial charge in [0.05, 0.1) is 18.6 Å². The van der Waals surface area contributed by atoms with E-state index < -0.39 is 10.0 Å². The zero-order valence-electron chi connectivity index (χ0n) is 16.6. The van der Waals surface area contributed by atoms with E-state index in [9.17, 15) is 8.42 Å². The van der Waals surface area contributed by atoms with Crippen LogP contribution in [0.25, 0.3) is 11.4 Å². The number of hydrogen-bond acceptors (Lipinski definition) is 6. The maximum absolute atomic E-state index is 13.1. The molecule has 1 heterocycles. The van der Waals surface area contributed by atoms with E-state index in [-0.39, 0.29) is 12.4 Å². The number of aromatic nitrogens is 2. The number of rotatable bonds is 6. The molecule has 0 spiro atoms. The molecule has 0 saturated carbocycles. The van der Waals surface area contributed by atoms with Gasteiger partial charge in [-0.15, -0.1) is 0 Å². The van der Waals surface area contributed by atoms with Crippen LogP contribution in [-0.2, 0) is 16.6 Å². The second kappa shape index (κ2) is 7.73. The summed E-state index contributed by atoms with van der Waals surface area (Å²) in [6.45, 7) is 5.52. The quantitative estimate of drug-likeness (QED) is 0.628. The number of sulfonamides is 1. The molecule has 0 N–H and O–H groups in total. The van der Waals surface area contributed by atoms with Crippen LogP contribution in [0.1, 0.15) is 22.6 Å². The minimum Gasteiger partial charge on any atom is -0.497 e. The third-order valence-electron chi connectivity index (χ3n) is 4.43. The Balaban J connectivity index is 1.85. The topological polar surface area (TPSA) is 85.5 Å². The van der Waals surface area contributed by atoms with Gasteiger partial charge < -0.3 is 9.26 Å². The summed E-state index contributed by atoms with van der Waals surface area (Å²) in [5.74, 6) is 1.27. The molecule has 148 valence electrons. The first-order valence-corrected chi connectivity index (χ1v) is 10.2. The molecule has 2 aromatic carbocycles. The maximum atomic E-state index is 13.1. The van der Waals surface area contributed by atoms with E-state index in [1.807, 2.05) is 37.3 Å². The van der Waals surface area contributed by atoms with Gasteiger partial charge in [0.25, 0.3) is 0 Å². The van der Waals surface area contributed by atoms with Crippen molar-refractivity contribution in [1.29, 1.82) is 0 Å². The number of aryl methyl sites for hydroxylation is 3. The minimum atomic E-state index is -3.70. The van der Waals surface area contributed by atoms with Gasteiger partial charge in [0, 0.05) is 12.6 Å². The van der Waals surface area contributed by atoms with Gasteiger partial charge in [-0.2, -0.15) is 9.29 Å². The van der Waals surface area contributed by atoms with Crippen LogP contribution in [-0.4, -0.2) is 37.0 Å². The van der Waals surface area contributed by atoms with Crippen molar-refractivity contribution in [2.24, 2.45) is 0 Å². The Hall–Kier alpha value is -2.71. The fraction of sp³-hybridized carbons (Fsp3) is 0.300. The Morgan fingerprint density at radius 3 is 2.43 bits per heavy atom. The average Bonchev–Trinajstić information content (AvgIpc) is 3.09. The van der Waals surface area contributed by atoms with Gasteiger partial charge in [-0.25, -0.2) is 8.42 Å². The lowest BCUT2D eigenvalue weighted by Crippen LogP contribution is -2.28. The SMILES string of the molecule is COc1cccc(-c2noc(CN(C)S(=O)(=O)c3c(C)cc(C)cc3C)n2)c1. The number of benzene rings is 2. The van der Waals surface area contributed by atoms with E-state index in [1.54, 1.807) is 27.0 Å². The Kier molecular flexibility index (Phi) is 5.53. The minimum absolute atomic E-state index is 0.0218. The lowest BCUT2D eigenvalue weighted by Gasteiger charge is -2.19. The van der Waals surface area contributed by atoms with Gasteiger partial charge in [-0.3, -0.25) is 0 Å². The lowest BCUT2D eigenvalue weighted by molar-refractivity contribution is 0.336. The molecule has 0 aliphatic heterocycles. The molecule has 0 saturated heterocycles. The van der Waals surface area contributed by atoms with Crippen LogP contribution >= 0.6 is 0 Å². The van der Waals surface area contributed by atoms with E-state index in [0.717, 1.165) is 11.1 Å². The molecule has 0 radical (unpaired) electrons. The standard InChI is InChI=1S/C20H23N3O4S/c1-13-9-14(2)19(15(3)10-13)28(24,25)23(4)12-18-21-20(22-27-18)16-7-6-8-17(11-16)26-5/h6-11H,12H2,1-5H3. The van der Waals surface area contributed by atoms with Crippen molar-refractivity contribution in [3.8, 4) is 17.1 Å². The Morgan fingerprint density at radius 2 is 1.79 bits per heavy atom.